The van der Waals surface area contributed by atoms with Gasteiger partial charge in [-0.15, -0.1) is 0 Å². The molecule has 4 rings (SSSR count). The summed E-state index contributed by atoms with van der Waals surface area (Å²) in [6.07, 6.45) is 0.0243. The average Bonchev–Trinajstić information content (AvgIpc) is 2.82. The van der Waals surface area contributed by atoms with Gasteiger partial charge in [-0.05, 0) is 58.5 Å². The molecule has 1 amide bonds. The summed E-state index contributed by atoms with van der Waals surface area (Å²) in [5.74, 6) is -0.541. The van der Waals surface area contributed by atoms with Crippen molar-refractivity contribution >= 4 is 39.1 Å². The van der Waals surface area contributed by atoms with Crippen molar-refractivity contribution in [3.05, 3.63) is 90.0 Å². The summed E-state index contributed by atoms with van der Waals surface area (Å²) in [5, 5.41) is 6.48. The van der Waals surface area contributed by atoms with Gasteiger partial charge in [0.15, 0.2) is 6.10 Å². The molecule has 4 aromatic rings. The van der Waals surface area contributed by atoms with E-state index in [0.717, 1.165) is 39.2 Å². The first-order valence-corrected chi connectivity index (χ1v) is 11.0. The molecule has 0 saturated heterocycles. The Labute approximate surface area is 188 Å². The summed E-state index contributed by atoms with van der Waals surface area (Å²) in [6.45, 7) is 5.84. The number of hydrogen-bond acceptors (Lipinski definition) is 3. The van der Waals surface area contributed by atoms with Crippen molar-refractivity contribution < 1.29 is 14.3 Å². The van der Waals surface area contributed by atoms with E-state index in [1.807, 2.05) is 72.8 Å². The Balaban J connectivity index is 1.61. The van der Waals surface area contributed by atoms with Crippen LogP contribution in [-0.4, -0.2) is 18.0 Å². The minimum absolute atomic E-state index is 0.311. The molecule has 4 heteroatoms. The molecule has 0 aliphatic carbocycles. The van der Waals surface area contributed by atoms with Gasteiger partial charge in [-0.1, -0.05) is 80.6 Å². The third-order valence-electron chi connectivity index (χ3n) is 5.99. The Kier molecular flexibility index (Phi) is 6.22. The van der Waals surface area contributed by atoms with Crippen molar-refractivity contribution in [3.63, 3.8) is 0 Å². The van der Waals surface area contributed by atoms with Crippen molar-refractivity contribution in [2.24, 2.45) is 0 Å². The van der Waals surface area contributed by atoms with Gasteiger partial charge in [-0.3, -0.25) is 4.79 Å². The highest BCUT2D eigenvalue weighted by Crippen LogP contribution is 2.30. The van der Waals surface area contributed by atoms with Gasteiger partial charge >= 0.3 is 5.97 Å². The fraction of sp³-hybridized carbons (Fsp3) is 0.214. The maximum atomic E-state index is 13.3. The summed E-state index contributed by atoms with van der Waals surface area (Å²) in [7, 11) is 0. The van der Waals surface area contributed by atoms with Crippen LogP contribution in [0.3, 0.4) is 0 Å². The second kappa shape index (κ2) is 9.23. The molecule has 2 atom stereocenters. The van der Waals surface area contributed by atoms with E-state index in [9.17, 15) is 9.59 Å². The molecule has 0 bridgehead atoms. The van der Waals surface area contributed by atoms with E-state index in [4.69, 9.17) is 4.74 Å². The first kappa shape index (κ1) is 21.6. The number of fused-ring (bicyclic) bond motifs is 2. The lowest BCUT2D eigenvalue weighted by Gasteiger charge is -2.19. The molecule has 4 nitrogen and oxygen atoms in total. The third kappa shape index (κ3) is 4.22. The molecule has 0 aliphatic heterocycles. The van der Waals surface area contributed by atoms with E-state index >= 15 is 0 Å². The molecule has 0 fully saturated rings. The molecular formula is C28H27NO3. The lowest BCUT2D eigenvalue weighted by Crippen LogP contribution is -2.30. The lowest BCUT2D eigenvalue weighted by molar-refractivity contribution is -0.123. The van der Waals surface area contributed by atoms with Crippen LogP contribution in [0, 0.1) is 0 Å². The van der Waals surface area contributed by atoms with Gasteiger partial charge in [-0.2, -0.15) is 0 Å². The van der Waals surface area contributed by atoms with E-state index in [1.165, 1.54) is 0 Å². The zero-order valence-electron chi connectivity index (χ0n) is 18.6. The summed E-state index contributed by atoms with van der Waals surface area (Å²) in [4.78, 5) is 26.1. The quantitative estimate of drug-likeness (QED) is 0.276. The Hall–Kier alpha value is -3.66. The zero-order valence-corrected chi connectivity index (χ0v) is 18.6. The predicted molar refractivity (Wildman–Crippen MR) is 130 cm³/mol. The number of amides is 1. The zero-order chi connectivity index (χ0) is 22.7. The second-order valence-electron chi connectivity index (χ2n) is 8.13. The number of ether oxygens (including phenoxy) is 1. The summed E-state index contributed by atoms with van der Waals surface area (Å²) in [6, 6.07) is 25.3. The number of nitrogens with one attached hydrogen (secondary N) is 1. The predicted octanol–water partition coefficient (Wildman–Crippen LogP) is 6.69. The van der Waals surface area contributed by atoms with Gasteiger partial charge in [0.25, 0.3) is 5.91 Å². The second-order valence-corrected chi connectivity index (χ2v) is 8.13. The largest absolute Gasteiger partial charge is 0.449 e. The van der Waals surface area contributed by atoms with E-state index in [2.05, 4.69) is 25.2 Å². The van der Waals surface area contributed by atoms with E-state index in [0.29, 0.717) is 11.5 Å². The van der Waals surface area contributed by atoms with Gasteiger partial charge < -0.3 is 10.1 Å². The number of benzene rings is 4. The minimum Gasteiger partial charge on any atom is -0.449 e. The maximum absolute atomic E-state index is 13.3. The van der Waals surface area contributed by atoms with Gasteiger partial charge in [0.05, 0.1) is 5.56 Å². The number of hydrogen-bond donors (Lipinski definition) is 1. The smallest absolute Gasteiger partial charge is 0.340 e. The molecule has 0 radical (unpaired) electrons. The summed E-state index contributed by atoms with van der Waals surface area (Å²) >= 11 is 0. The van der Waals surface area contributed by atoms with Crippen LogP contribution in [0.2, 0.25) is 0 Å². The highest BCUT2D eigenvalue weighted by molar-refractivity contribution is 6.17. The first-order chi connectivity index (χ1) is 15.5. The van der Waals surface area contributed by atoms with Crippen molar-refractivity contribution in [1.29, 1.82) is 0 Å². The molecule has 4 aromatic carbocycles. The lowest BCUT2D eigenvalue weighted by atomic mass is 9.96. The molecule has 0 saturated carbocycles. The average molecular weight is 426 g/mol. The molecular weight excluding hydrogens is 398 g/mol. The molecule has 0 unspecified atom stereocenters. The molecule has 32 heavy (non-hydrogen) atoms. The number of carbonyl (C=O) groups is 2. The molecule has 0 aromatic heterocycles. The van der Waals surface area contributed by atoms with Crippen LogP contribution in [0.1, 0.15) is 49.0 Å². The van der Waals surface area contributed by atoms with E-state index < -0.39 is 12.1 Å². The summed E-state index contributed by atoms with van der Waals surface area (Å²) in [5.41, 5.74) is 2.31. The molecule has 0 heterocycles. The highest BCUT2D eigenvalue weighted by atomic mass is 16.5. The minimum atomic E-state index is -0.940. The van der Waals surface area contributed by atoms with Crippen molar-refractivity contribution in [3.8, 4) is 0 Å². The third-order valence-corrected chi connectivity index (χ3v) is 5.99. The maximum Gasteiger partial charge on any atom is 0.340 e. The van der Waals surface area contributed by atoms with E-state index in [1.54, 1.807) is 6.92 Å². The van der Waals surface area contributed by atoms with Crippen LogP contribution in [-0.2, 0) is 9.53 Å². The number of esters is 1. The van der Waals surface area contributed by atoms with Gasteiger partial charge in [0, 0.05) is 5.69 Å². The van der Waals surface area contributed by atoms with E-state index in [-0.39, 0.29) is 5.91 Å². The highest BCUT2D eigenvalue weighted by Gasteiger charge is 2.23. The summed E-state index contributed by atoms with van der Waals surface area (Å²) < 4.78 is 5.66. The molecule has 1 N–H and O–H groups in total. The Morgan fingerprint density at radius 3 is 2.03 bits per heavy atom. The van der Waals surface area contributed by atoms with Crippen LogP contribution in [0.25, 0.3) is 21.5 Å². The number of rotatable bonds is 6. The van der Waals surface area contributed by atoms with Crippen LogP contribution < -0.4 is 5.32 Å². The normalized spacial score (nSPS) is 13.0. The molecule has 162 valence electrons. The molecule has 0 spiro atoms. The number of para-hydroxylation sites is 1. The Morgan fingerprint density at radius 1 is 0.844 bits per heavy atom. The first-order valence-electron chi connectivity index (χ1n) is 11.0. The monoisotopic (exact) mass is 425 g/mol. The fourth-order valence-corrected chi connectivity index (χ4v) is 4.00. The number of carbonyl (C=O) groups excluding carboxylic acids is 2. The van der Waals surface area contributed by atoms with Crippen molar-refractivity contribution in [2.75, 3.05) is 5.32 Å². The van der Waals surface area contributed by atoms with Gasteiger partial charge in [-0.25, -0.2) is 4.79 Å². The molecule has 0 aliphatic rings. The SMILES string of the molecule is CC[C@H](C)c1ccccc1NC(=O)[C@H](C)OC(=O)c1c2ccccc2cc2ccccc12. The Bertz CT molecular complexity index is 1240. The fourth-order valence-electron chi connectivity index (χ4n) is 4.00. The van der Waals surface area contributed by atoms with Crippen LogP contribution in [0.4, 0.5) is 5.69 Å². The van der Waals surface area contributed by atoms with Crippen LogP contribution in [0.15, 0.2) is 78.9 Å². The van der Waals surface area contributed by atoms with Gasteiger partial charge in [0.2, 0.25) is 0 Å². The van der Waals surface area contributed by atoms with Crippen LogP contribution in [0.5, 0.6) is 0 Å². The number of anilines is 1. The Morgan fingerprint density at radius 2 is 1.41 bits per heavy atom. The van der Waals surface area contributed by atoms with Crippen molar-refractivity contribution in [2.45, 2.75) is 39.2 Å². The van der Waals surface area contributed by atoms with Crippen LogP contribution >= 0.6 is 0 Å². The van der Waals surface area contributed by atoms with Crippen molar-refractivity contribution in [1.82, 2.24) is 0 Å². The topological polar surface area (TPSA) is 55.4 Å². The standard InChI is InChI=1S/C28H27NO3/c1-4-18(2)22-13-9-10-16-25(22)29-27(30)19(3)32-28(31)26-23-14-7-5-11-20(23)17-21-12-6-8-15-24(21)26/h5-19H,4H2,1-3H3,(H,29,30)/t18-,19-/m0/s1. The van der Waals surface area contributed by atoms with Gasteiger partial charge in [0.1, 0.15) is 0 Å².